The number of carbonyl (C=O) groups is 5. The molecule has 0 fully saturated rings. The third-order valence-corrected chi connectivity index (χ3v) is 7.88. The van der Waals surface area contributed by atoms with Gasteiger partial charge in [-0.1, -0.05) is 61.3 Å². The number of hydrogen-bond donors (Lipinski definition) is 8. The van der Waals surface area contributed by atoms with E-state index in [2.05, 4.69) is 31.9 Å². The molecule has 0 aliphatic heterocycles. The van der Waals surface area contributed by atoms with E-state index in [9.17, 15) is 34.3 Å². The van der Waals surface area contributed by atoms with Crippen molar-refractivity contribution >= 4 is 29.5 Å². The van der Waals surface area contributed by atoms with Gasteiger partial charge < -0.3 is 37.0 Å². The third-order valence-electron chi connectivity index (χ3n) is 7.88. The second-order valence-corrected chi connectivity index (χ2v) is 12.8. The maximum Gasteiger partial charge on any atom is 0.252 e. The number of hydrogen-bond acceptors (Lipinski definition) is 8. The normalized spacial score (nSPS) is 15.1. The Morgan fingerprint density at radius 2 is 1.40 bits per heavy atom. The van der Waals surface area contributed by atoms with Gasteiger partial charge in [0, 0.05) is 36.0 Å². The summed E-state index contributed by atoms with van der Waals surface area (Å²) in [5.41, 5.74) is 0.266. The largest absolute Gasteiger partial charge is 0.394 e. The van der Waals surface area contributed by atoms with Crippen LogP contribution in [-0.4, -0.2) is 89.8 Å². The van der Waals surface area contributed by atoms with E-state index < -0.39 is 60.4 Å². The summed E-state index contributed by atoms with van der Waals surface area (Å²) in [6.45, 7) is 15.1. The molecule has 6 atom stereocenters. The fourth-order valence-electron chi connectivity index (χ4n) is 4.98. The van der Waals surface area contributed by atoms with Gasteiger partial charge in [-0.15, -0.1) is 0 Å². The van der Waals surface area contributed by atoms with Gasteiger partial charge in [0.15, 0.2) is 0 Å². The van der Waals surface area contributed by atoms with Crippen molar-refractivity contribution < 1.29 is 39.0 Å². The van der Waals surface area contributed by atoms with Crippen molar-refractivity contribution in [2.24, 2.45) is 17.8 Å². The fourth-order valence-corrected chi connectivity index (χ4v) is 4.98. The smallest absolute Gasteiger partial charge is 0.252 e. The number of aliphatic hydroxyl groups excluding tert-OH is 1. The molecule has 0 aliphatic rings. The number of rotatable bonds is 21. The molecule has 1 aromatic heterocycles. The van der Waals surface area contributed by atoms with Gasteiger partial charge in [0.25, 0.3) is 5.91 Å². The van der Waals surface area contributed by atoms with Crippen molar-refractivity contribution in [3.05, 3.63) is 30.1 Å². The first kappa shape index (κ1) is 41.2. The molecule has 14 nitrogen and oxygen atoms in total. The summed E-state index contributed by atoms with van der Waals surface area (Å²) in [5.74, 6) is -2.46. The lowest BCUT2D eigenvalue weighted by atomic mass is 9.97. The fraction of sp³-hybridized carbons (Fsp3) is 0.697. The number of aromatic nitrogens is 1. The summed E-state index contributed by atoms with van der Waals surface area (Å²) in [6, 6.07) is -1.17. The van der Waals surface area contributed by atoms with Gasteiger partial charge in [0.2, 0.25) is 36.0 Å². The highest BCUT2D eigenvalue weighted by Gasteiger charge is 2.32. The molecule has 0 aliphatic carbocycles. The first-order valence-electron chi connectivity index (χ1n) is 16.7. The lowest BCUT2D eigenvalue weighted by Gasteiger charge is -2.29. The van der Waals surface area contributed by atoms with Gasteiger partial charge >= 0.3 is 0 Å². The molecular formula is C33H58N7O7+. The molecule has 5 amide bonds. The van der Waals surface area contributed by atoms with E-state index in [-0.39, 0.29) is 35.8 Å². The van der Waals surface area contributed by atoms with Crippen molar-refractivity contribution in [1.29, 1.82) is 0 Å². The molecule has 0 saturated carbocycles. The summed E-state index contributed by atoms with van der Waals surface area (Å²) < 4.78 is 0.807. The predicted molar refractivity (Wildman–Crippen MR) is 177 cm³/mol. The molecule has 4 unspecified atom stereocenters. The SMILES string of the molecule is CCC[C@H](NC(=O)C(NC(=O)c1cc[n+](O)cc1)C(C)CC)C(=O)NC(CN[C@@H](CO)C(=O)NC(C(=O)NCC)C(C)C)CC(C)C. The predicted octanol–water partition coefficient (Wildman–Crippen LogP) is 0.399. The minimum atomic E-state index is -1.02. The van der Waals surface area contributed by atoms with Crippen LogP contribution in [-0.2, 0) is 19.2 Å². The molecule has 1 aromatic rings. The Balaban J connectivity index is 3.03. The van der Waals surface area contributed by atoms with Crippen molar-refractivity contribution in [3.8, 4) is 0 Å². The maximum atomic E-state index is 13.6. The molecular weight excluding hydrogens is 606 g/mol. The summed E-state index contributed by atoms with van der Waals surface area (Å²) in [6.07, 6.45) is 4.72. The van der Waals surface area contributed by atoms with Crippen LogP contribution in [0.4, 0.5) is 0 Å². The van der Waals surface area contributed by atoms with Crippen molar-refractivity contribution in [2.75, 3.05) is 19.7 Å². The zero-order valence-corrected chi connectivity index (χ0v) is 29.3. The van der Waals surface area contributed by atoms with Gasteiger partial charge in [-0.2, -0.15) is 0 Å². The highest BCUT2D eigenvalue weighted by atomic mass is 16.5. The van der Waals surface area contributed by atoms with E-state index in [1.807, 2.05) is 48.5 Å². The van der Waals surface area contributed by atoms with Gasteiger partial charge in [0.05, 0.1) is 12.2 Å². The Kier molecular flexibility index (Phi) is 18.6. The topological polar surface area (TPSA) is 202 Å². The first-order chi connectivity index (χ1) is 22.2. The van der Waals surface area contributed by atoms with Crippen LogP contribution >= 0.6 is 0 Å². The van der Waals surface area contributed by atoms with E-state index in [0.29, 0.717) is 32.2 Å². The van der Waals surface area contributed by atoms with Gasteiger partial charge in [-0.25, -0.2) is 0 Å². The summed E-state index contributed by atoms with van der Waals surface area (Å²) in [4.78, 5) is 65.4. The average Bonchev–Trinajstić information content (AvgIpc) is 3.01. The van der Waals surface area contributed by atoms with E-state index in [1.54, 1.807) is 6.92 Å². The van der Waals surface area contributed by atoms with Crippen LogP contribution in [0.25, 0.3) is 0 Å². The van der Waals surface area contributed by atoms with Crippen LogP contribution in [0.2, 0.25) is 0 Å². The van der Waals surface area contributed by atoms with E-state index >= 15 is 0 Å². The summed E-state index contributed by atoms with van der Waals surface area (Å²) in [7, 11) is 0. The van der Waals surface area contributed by atoms with Crippen LogP contribution in [0.15, 0.2) is 24.5 Å². The molecule has 47 heavy (non-hydrogen) atoms. The highest BCUT2D eigenvalue weighted by molar-refractivity contribution is 5.98. The summed E-state index contributed by atoms with van der Waals surface area (Å²) in [5, 5.41) is 36.5. The molecule has 8 N–H and O–H groups in total. The Bertz CT molecular complexity index is 1150. The average molecular weight is 665 g/mol. The first-order valence-corrected chi connectivity index (χ1v) is 16.7. The highest BCUT2D eigenvalue weighted by Crippen LogP contribution is 2.12. The van der Waals surface area contributed by atoms with Gasteiger partial charge in [0.1, 0.15) is 24.2 Å². The van der Waals surface area contributed by atoms with Crippen LogP contribution in [0, 0.1) is 17.8 Å². The van der Waals surface area contributed by atoms with Crippen LogP contribution in [0.1, 0.15) is 91.4 Å². The lowest BCUT2D eigenvalue weighted by Crippen LogP contribution is -2.59. The number of aliphatic hydroxyl groups is 1. The molecule has 0 spiro atoms. The monoisotopic (exact) mass is 664 g/mol. The van der Waals surface area contributed by atoms with Crippen molar-refractivity contribution in [3.63, 3.8) is 0 Å². The third kappa shape index (κ3) is 14.3. The van der Waals surface area contributed by atoms with Crippen molar-refractivity contribution in [2.45, 2.75) is 111 Å². The molecule has 0 radical (unpaired) electrons. The Morgan fingerprint density at radius 1 is 0.787 bits per heavy atom. The molecule has 266 valence electrons. The minimum Gasteiger partial charge on any atom is -0.394 e. The summed E-state index contributed by atoms with van der Waals surface area (Å²) >= 11 is 0. The Labute approximate surface area is 279 Å². The van der Waals surface area contributed by atoms with Crippen LogP contribution in [0.3, 0.4) is 0 Å². The number of amides is 5. The number of nitrogens with one attached hydrogen (secondary N) is 6. The molecule has 1 heterocycles. The number of nitrogens with zero attached hydrogens (tertiary/aromatic N) is 1. The van der Waals surface area contributed by atoms with E-state index in [0.717, 1.165) is 4.73 Å². The minimum absolute atomic E-state index is 0.152. The zero-order chi connectivity index (χ0) is 35.7. The zero-order valence-electron chi connectivity index (χ0n) is 29.3. The molecule has 0 saturated heterocycles. The quantitative estimate of drug-likeness (QED) is 0.0681. The van der Waals surface area contributed by atoms with Crippen LogP contribution in [0.5, 0.6) is 0 Å². The number of carbonyl (C=O) groups excluding carboxylic acids is 5. The second kappa shape index (κ2) is 21.2. The molecule has 0 aromatic carbocycles. The maximum absolute atomic E-state index is 13.6. The number of likely N-dealkylation sites (N-methyl/N-ethyl adjacent to an activating group) is 1. The molecule has 1 rings (SSSR count). The Morgan fingerprint density at radius 3 is 1.91 bits per heavy atom. The van der Waals surface area contributed by atoms with E-state index in [1.165, 1.54) is 24.5 Å². The van der Waals surface area contributed by atoms with Gasteiger partial charge in [-0.05, 0) is 37.5 Å². The molecule has 0 bridgehead atoms. The Hall–Kier alpha value is -3.78. The number of pyridine rings is 1. The molecule has 14 heteroatoms. The van der Waals surface area contributed by atoms with E-state index in [4.69, 9.17) is 0 Å². The van der Waals surface area contributed by atoms with Gasteiger partial charge in [-0.3, -0.25) is 29.2 Å². The lowest BCUT2D eigenvalue weighted by molar-refractivity contribution is -0.904. The van der Waals surface area contributed by atoms with Crippen LogP contribution < -0.4 is 36.6 Å². The standard InChI is InChI=1S/C33H57N7O7/c1-9-12-25(37-33(46)28(22(8)10-2)39-29(42)23-13-15-40(47)16-14-23)30(43)36-24(17-20(4)5)18-35-26(19-41)31(44)38-27(21(6)7)32(45)34-11-3/h13-16,20-22,24-28,35,41H,9-12,17-19H2,1-8H3,(H5-,34,36,37,38,39,42,43,44,45,46,47)/p+1/t22?,24?,25-,26-,27?,28?/m0/s1. The second-order valence-electron chi connectivity index (χ2n) is 12.8. The van der Waals surface area contributed by atoms with Crippen molar-refractivity contribution in [1.82, 2.24) is 31.9 Å².